The first-order valence-corrected chi connectivity index (χ1v) is 13.2. The molecule has 2 aliphatic carbocycles. The number of aliphatic hydroxyl groups is 3. The zero-order valence-corrected chi connectivity index (χ0v) is 21.7. The van der Waals surface area contributed by atoms with Gasteiger partial charge >= 0.3 is 12.3 Å². The largest absolute Gasteiger partial charge is 0.445 e. The van der Waals surface area contributed by atoms with Crippen LogP contribution in [-0.2, 0) is 15.7 Å². The topological polar surface area (TPSA) is 119 Å². The second kappa shape index (κ2) is 10.7. The monoisotopic (exact) mass is 542 g/mol. The molecule has 1 saturated heterocycles. The van der Waals surface area contributed by atoms with Gasteiger partial charge in [-0.2, -0.15) is 13.2 Å². The van der Waals surface area contributed by atoms with E-state index in [9.17, 15) is 38.1 Å². The van der Waals surface area contributed by atoms with Crippen molar-refractivity contribution in [1.82, 2.24) is 4.90 Å². The zero-order chi connectivity index (χ0) is 27.9. The van der Waals surface area contributed by atoms with Crippen molar-refractivity contribution >= 4 is 17.7 Å². The Morgan fingerprint density at radius 2 is 1.89 bits per heavy atom. The van der Waals surface area contributed by atoms with Gasteiger partial charge in [-0.15, -0.1) is 0 Å². The molecule has 1 aromatic rings. The number of fused-ring (bicyclic) bond motifs is 1. The van der Waals surface area contributed by atoms with E-state index >= 15 is 0 Å². The van der Waals surface area contributed by atoms with Gasteiger partial charge in [-0.25, -0.2) is 4.79 Å². The molecule has 7 atom stereocenters. The van der Waals surface area contributed by atoms with E-state index in [1.54, 1.807) is 4.90 Å². The Morgan fingerprint density at radius 3 is 2.53 bits per heavy atom. The van der Waals surface area contributed by atoms with E-state index in [2.05, 4.69) is 5.32 Å². The molecule has 0 aromatic heterocycles. The summed E-state index contributed by atoms with van der Waals surface area (Å²) >= 11 is 0. The third-order valence-corrected chi connectivity index (χ3v) is 9.27. The van der Waals surface area contributed by atoms with Crippen LogP contribution in [0.1, 0.15) is 57.9 Å². The van der Waals surface area contributed by atoms with E-state index in [0.29, 0.717) is 38.6 Å². The average molecular weight is 543 g/mol. The number of carbonyl (C=O) groups excluding carboxylic acids is 2. The van der Waals surface area contributed by atoms with Gasteiger partial charge in [0, 0.05) is 30.6 Å². The minimum Gasteiger partial charge on any atom is -0.445 e. The minimum absolute atomic E-state index is 0.0532. The number of carbonyl (C=O) groups is 2. The van der Waals surface area contributed by atoms with Gasteiger partial charge in [-0.3, -0.25) is 10.1 Å². The standard InChI is InChI=1S/C27H37F3N2O6/c1-25-10-8-22(38-24(37)31-17-5-3-4-16(12-17)27(28,29)30)26(2,15-33)21(25)7-6-20(35)19(25)13-23(36)32-11-9-18(34)14-32/h3-5,12,18-22,33-35H,6-11,13-15H2,1-2H3,(H,31,37)/t18-,19-,20-,21+,22-,25+,26+/m1/s1. The van der Waals surface area contributed by atoms with E-state index in [-0.39, 0.29) is 43.0 Å². The number of rotatable bonds is 5. The van der Waals surface area contributed by atoms with E-state index in [4.69, 9.17) is 4.74 Å². The summed E-state index contributed by atoms with van der Waals surface area (Å²) in [7, 11) is 0. The predicted molar refractivity (Wildman–Crippen MR) is 132 cm³/mol. The second-order valence-corrected chi connectivity index (χ2v) is 11.6. The fraction of sp³-hybridized carbons (Fsp3) is 0.704. The van der Waals surface area contributed by atoms with Gasteiger partial charge < -0.3 is 25.0 Å². The van der Waals surface area contributed by atoms with Crippen LogP contribution in [0.3, 0.4) is 0 Å². The molecular formula is C27H37F3N2O6. The van der Waals surface area contributed by atoms with Gasteiger partial charge in [0.1, 0.15) is 6.10 Å². The number of benzene rings is 1. The van der Waals surface area contributed by atoms with Crippen molar-refractivity contribution in [1.29, 1.82) is 0 Å². The van der Waals surface area contributed by atoms with Crippen molar-refractivity contribution in [2.45, 2.75) is 76.9 Å². The molecule has 3 aliphatic rings. The molecule has 4 rings (SSSR count). The lowest BCUT2D eigenvalue weighted by Crippen LogP contribution is -2.61. The highest BCUT2D eigenvalue weighted by atomic mass is 19.4. The van der Waals surface area contributed by atoms with Crippen LogP contribution in [0, 0.1) is 22.7 Å². The molecule has 0 unspecified atom stereocenters. The average Bonchev–Trinajstić information content (AvgIpc) is 3.29. The van der Waals surface area contributed by atoms with Crippen LogP contribution in [0.2, 0.25) is 0 Å². The molecule has 1 heterocycles. The maximum absolute atomic E-state index is 13.0. The van der Waals surface area contributed by atoms with E-state index < -0.39 is 47.0 Å². The molecule has 0 spiro atoms. The minimum atomic E-state index is -4.55. The summed E-state index contributed by atoms with van der Waals surface area (Å²) in [5.74, 6) is -0.653. The SMILES string of the molecule is C[C@]1(CO)[C@H]2CC[C@@H](O)[C@@H](CC(=O)N3CC[C@@H](O)C3)[C@]2(C)CC[C@H]1OC(=O)Nc1cccc(C(F)(F)F)c1. The summed E-state index contributed by atoms with van der Waals surface area (Å²) in [5.41, 5.74) is -2.35. The quantitative estimate of drug-likeness (QED) is 0.450. The zero-order valence-electron chi connectivity index (χ0n) is 21.7. The van der Waals surface area contributed by atoms with E-state index in [0.717, 1.165) is 12.1 Å². The Bertz CT molecular complexity index is 1040. The van der Waals surface area contributed by atoms with Crippen molar-refractivity contribution in [3.05, 3.63) is 29.8 Å². The molecule has 1 aromatic carbocycles. The van der Waals surface area contributed by atoms with Gasteiger partial charge in [0.25, 0.3) is 0 Å². The molecule has 11 heteroatoms. The highest BCUT2D eigenvalue weighted by Gasteiger charge is 2.60. The lowest BCUT2D eigenvalue weighted by molar-refractivity contribution is -0.186. The van der Waals surface area contributed by atoms with Gasteiger partial charge in [0.15, 0.2) is 0 Å². The highest BCUT2D eigenvalue weighted by Crippen LogP contribution is 2.61. The normalized spacial score (nSPS) is 35.5. The van der Waals surface area contributed by atoms with Gasteiger partial charge in [0.2, 0.25) is 5.91 Å². The Kier molecular flexibility index (Phi) is 8.03. The number of hydrogen-bond donors (Lipinski definition) is 4. The summed E-state index contributed by atoms with van der Waals surface area (Å²) in [6.45, 7) is 4.31. The first kappa shape index (κ1) is 28.6. The number of nitrogens with zero attached hydrogens (tertiary/aromatic N) is 1. The number of hydrogen-bond acceptors (Lipinski definition) is 6. The number of anilines is 1. The molecule has 1 aliphatic heterocycles. The van der Waals surface area contributed by atoms with Crippen LogP contribution in [-0.4, -0.2) is 70.2 Å². The number of ether oxygens (including phenoxy) is 1. The van der Waals surface area contributed by atoms with Crippen LogP contribution < -0.4 is 5.32 Å². The number of β-amino-alcohol motifs (C(OH)–C–C–N with tert-alkyl or cyclic N) is 1. The van der Waals surface area contributed by atoms with Crippen LogP contribution >= 0.6 is 0 Å². The molecule has 2 amide bonds. The van der Waals surface area contributed by atoms with E-state index in [1.807, 2.05) is 13.8 Å². The number of halogens is 3. The first-order valence-electron chi connectivity index (χ1n) is 13.2. The summed E-state index contributed by atoms with van der Waals surface area (Å²) in [4.78, 5) is 27.4. The number of aliphatic hydroxyl groups excluding tert-OH is 3. The fourth-order valence-corrected chi connectivity index (χ4v) is 7.12. The van der Waals surface area contributed by atoms with Crippen molar-refractivity contribution in [3.63, 3.8) is 0 Å². The van der Waals surface area contributed by atoms with Crippen molar-refractivity contribution in [3.8, 4) is 0 Å². The van der Waals surface area contributed by atoms with Gasteiger partial charge in [-0.05, 0) is 67.6 Å². The Labute approximate surface area is 220 Å². The number of nitrogens with one attached hydrogen (secondary N) is 1. The Hall–Kier alpha value is -2.37. The molecule has 4 N–H and O–H groups in total. The third-order valence-electron chi connectivity index (χ3n) is 9.27. The van der Waals surface area contributed by atoms with Crippen molar-refractivity contribution in [2.24, 2.45) is 22.7 Å². The summed E-state index contributed by atoms with van der Waals surface area (Å²) in [6, 6.07) is 4.27. The van der Waals surface area contributed by atoms with Crippen LogP contribution in [0.25, 0.3) is 0 Å². The first-order chi connectivity index (χ1) is 17.8. The maximum atomic E-state index is 13.0. The molecule has 8 nitrogen and oxygen atoms in total. The Balaban J connectivity index is 1.48. The maximum Gasteiger partial charge on any atom is 0.416 e. The smallest absolute Gasteiger partial charge is 0.416 e. The van der Waals surface area contributed by atoms with Crippen LogP contribution in [0.4, 0.5) is 23.7 Å². The molecule has 38 heavy (non-hydrogen) atoms. The molecule has 0 radical (unpaired) electrons. The number of amides is 2. The Morgan fingerprint density at radius 1 is 1.16 bits per heavy atom. The summed E-state index contributed by atoms with van der Waals surface area (Å²) in [6.07, 6.45) is -4.86. The van der Waals surface area contributed by atoms with E-state index in [1.165, 1.54) is 12.1 Å². The molecular weight excluding hydrogens is 505 g/mol. The lowest BCUT2D eigenvalue weighted by atomic mass is 9.46. The van der Waals surface area contributed by atoms with Gasteiger partial charge in [0.05, 0.1) is 24.4 Å². The number of alkyl halides is 3. The number of likely N-dealkylation sites (tertiary alicyclic amines) is 1. The summed E-state index contributed by atoms with van der Waals surface area (Å²) in [5, 5.41) is 33.7. The molecule has 212 valence electrons. The molecule has 0 bridgehead atoms. The van der Waals surface area contributed by atoms with Crippen LogP contribution in [0.15, 0.2) is 24.3 Å². The van der Waals surface area contributed by atoms with Gasteiger partial charge in [-0.1, -0.05) is 19.9 Å². The van der Waals surface area contributed by atoms with Crippen molar-refractivity contribution in [2.75, 3.05) is 25.0 Å². The predicted octanol–water partition coefficient (Wildman–Crippen LogP) is 3.79. The highest BCUT2D eigenvalue weighted by molar-refractivity contribution is 5.84. The third kappa shape index (κ3) is 5.51. The summed E-state index contributed by atoms with van der Waals surface area (Å²) < 4.78 is 44.8. The fourth-order valence-electron chi connectivity index (χ4n) is 7.12. The van der Waals surface area contributed by atoms with Crippen LogP contribution in [0.5, 0.6) is 0 Å². The molecule has 3 fully saturated rings. The second-order valence-electron chi connectivity index (χ2n) is 11.6. The lowest BCUT2D eigenvalue weighted by Gasteiger charge is -2.60. The molecule has 2 saturated carbocycles. The van der Waals surface area contributed by atoms with Crippen molar-refractivity contribution < 1.29 is 42.8 Å².